The molecule has 0 radical (unpaired) electrons. The first-order chi connectivity index (χ1) is 15.5. The molecule has 1 saturated carbocycles. The quantitative estimate of drug-likeness (QED) is 0.590. The minimum absolute atomic E-state index is 0.0491. The second-order valence-corrected chi connectivity index (χ2v) is 10.3. The van der Waals surface area contributed by atoms with Crippen LogP contribution in [0.5, 0.6) is 0 Å². The highest BCUT2D eigenvalue weighted by Crippen LogP contribution is 2.42. The van der Waals surface area contributed by atoms with Gasteiger partial charge in [0.15, 0.2) is 0 Å². The Kier molecular flexibility index (Phi) is 7.59. The van der Waals surface area contributed by atoms with Crippen LogP contribution in [0.25, 0.3) is 6.08 Å². The molecule has 0 bridgehead atoms. The predicted molar refractivity (Wildman–Crippen MR) is 133 cm³/mol. The molecule has 4 nitrogen and oxygen atoms in total. The Balaban J connectivity index is 1.43. The molecule has 2 fully saturated rings. The van der Waals surface area contributed by atoms with Crippen LogP contribution in [0.2, 0.25) is 5.02 Å². The number of fused-ring (bicyclic) bond motifs is 1. The molecule has 1 N–H and O–H groups in total. The average molecular weight is 469 g/mol. The van der Waals surface area contributed by atoms with E-state index in [0.29, 0.717) is 21.7 Å². The summed E-state index contributed by atoms with van der Waals surface area (Å²) < 4.78 is 0. The third-order valence-corrected chi connectivity index (χ3v) is 7.73. The lowest BCUT2D eigenvalue weighted by molar-refractivity contribution is -0.135. The second-order valence-electron chi connectivity index (χ2n) is 8.59. The molecule has 0 aromatic heterocycles. The van der Waals surface area contributed by atoms with Crippen LogP contribution in [0.3, 0.4) is 0 Å². The molecule has 2 aliphatic rings. The van der Waals surface area contributed by atoms with Crippen molar-refractivity contribution in [3.05, 3.63) is 75.1 Å². The van der Waals surface area contributed by atoms with E-state index in [4.69, 9.17) is 11.6 Å². The Morgan fingerprint density at radius 2 is 2.00 bits per heavy atom. The number of carbonyl (C=O) groups is 2. The Hall–Kier alpha value is -2.24. The number of hydrogen-bond acceptors (Lipinski definition) is 3. The molecule has 2 atom stereocenters. The van der Waals surface area contributed by atoms with Gasteiger partial charge in [0.25, 0.3) is 5.91 Å². The van der Waals surface area contributed by atoms with Crippen LogP contribution in [0.15, 0.2) is 53.4 Å². The first kappa shape index (κ1) is 22.9. The predicted octanol–water partition coefficient (Wildman–Crippen LogP) is 5.23. The van der Waals surface area contributed by atoms with E-state index in [9.17, 15) is 9.59 Å². The lowest BCUT2D eigenvalue weighted by atomic mass is 9.93. The van der Waals surface area contributed by atoms with Crippen molar-refractivity contribution in [2.75, 3.05) is 13.1 Å². The number of nitrogens with zero attached hydrogens (tertiary/aromatic N) is 1. The van der Waals surface area contributed by atoms with E-state index < -0.39 is 0 Å². The molecule has 2 aromatic rings. The second kappa shape index (κ2) is 10.6. The van der Waals surface area contributed by atoms with Crippen LogP contribution in [0, 0.1) is 6.92 Å². The molecule has 1 saturated heterocycles. The van der Waals surface area contributed by atoms with Crippen molar-refractivity contribution in [2.24, 2.45) is 0 Å². The summed E-state index contributed by atoms with van der Waals surface area (Å²) in [5.74, 6) is -0.142. The van der Waals surface area contributed by atoms with Crippen LogP contribution in [0.4, 0.5) is 0 Å². The van der Waals surface area contributed by atoms with Gasteiger partial charge in [0, 0.05) is 22.9 Å². The van der Waals surface area contributed by atoms with Gasteiger partial charge in [-0.3, -0.25) is 9.59 Å². The van der Waals surface area contributed by atoms with Crippen LogP contribution in [0.1, 0.15) is 42.4 Å². The van der Waals surface area contributed by atoms with Crippen molar-refractivity contribution >= 4 is 41.3 Å². The molecule has 1 heterocycles. The monoisotopic (exact) mass is 468 g/mol. The van der Waals surface area contributed by atoms with Crippen molar-refractivity contribution in [3.63, 3.8) is 0 Å². The standard InChI is InChI=1S/C26H29ClN2O2S/c1-18-6-4-7-19(14-18)12-13-28-25(30)17-29-22-10-2-3-11-23(22)32-24(26(29)31)16-20-8-5-9-21(27)15-20/h4-9,14-16,22-23H,2-3,10-13,17H2,1H3,(H,28,30)/b24-16-. The molecule has 32 heavy (non-hydrogen) atoms. The van der Waals surface area contributed by atoms with Crippen molar-refractivity contribution in [2.45, 2.75) is 50.3 Å². The number of benzene rings is 2. The van der Waals surface area contributed by atoms with Gasteiger partial charge in [-0.2, -0.15) is 0 Å². The fourth-order valence-electron chi connectivity index (χ4n) is 4.53. The van der Waals surface area contributed by atoms with Crippen LogP contribution in [-0.2, 0) is 16.0 Å². The summed E-state index contributed by atoms with van der Waals surface area (Å²) in [7, 11) is 0. The molecule has 2 unspecified atom stereocenters. The van der Waals surface area contributed by atoms with E-state index in [2.05, 4.69) is 30.4 Å². The Morgan fingerprint density at radius 3 is 2.81 bits per heavy atom. The number of halogens is 1. The van der Waals surface area contributed by atoms with Gasteiger partial charge in [0.05, 0.1) is 4.91 Å². The molecular weight excluding hydrogens is 440 g/mol. The first-order valence-electron chi connectivity index (χ1n) is 11.3. The zero-order valence-corrected chi connectivity index (χ0v) is 19.9. The van der Waals surface area contributed by atoms with E-state index >= 15 is 0 Å². The first-order valence-corrected chi connectivity index (χ1v) is 12.5. The fraction of sp³-hybridized carbons (Fsp3) is 0.385. The summed E-state index contributed by atoms with van der Waals surface area (Å²) in [6.45, 7) is 2.75. The average Bonchev–Trinajstić information content (AvgIpc) is 2.77. The minimum atomic E-state index is -0.0932. The summed E-state index contributed by atoms with van der Waals surface area (Å²) >= 11 is 7.79. The number of nitrogens with one attached hydrogen (secondary N) is 1. The van der Waals surface area contributed by atoms with Crippen LogP contribution >= 0.6 is 23.4 Å². The van der Waals surface area contributed by atoms with Gasteiger partial charge in [-0.15, -0.1) is 11.8 Å². The summed E-state index contributed by atoms with van der Waals surface area (Å²) in [6.07, 6.45) is 7.00. The molecule has 4 rings (SSSR count). The molecule has 2 aromatic carbocycles. The van der Waals surface area contributed by atoms with Crippen LogP contribution in [-0.4, -0.2) is 41.1 Å². The molecule has 1 aliphatic carbocycles. The number of aryl methyl sites for hydroxylation is 1. The number of hydrogen-bond donors (Lipinski definition) is 1. The van der Waals surface area contributed by atoms with Gasteiger partial charge < -0.3 is 10.2 Å². The van der Waals surface area contributed by atoms with Gasteiger partial charge in [-0.1, -0.05) is 66.4 Å². The van der Waals surface area contributed by atoms with Gasteiger partial charge in [0.2, 0.25) is 5.91 Å². The molecule has 2 amide bonds. The van der Waals surface area contributed by atoms with E-state index in [0.717, 1.165) is 31.2 Å². The Morgan fingerprint density at radius 1 is 1.19 bits per heavy atom. The SMILES string of the molecule is Cc1cccc(CCNC(=O)CN2C(=O)/C(=C/c3cccc(Cl)c3)SC3CCCCC32)c1. The van der Waals surface area contributed by atoms with Crippen molar-refractivity contribution < 1.29 is 9.59 Å². The maximum Gasteiger partial charge on any atom is 0.261 e. The number of carbonyl (C=O) groups excluding carboxylic acids is 2. The van der Waals surface area contributed by atoms with Gasteiger partial charge in [-0.05, 0) is 55.5 Å². The van der Waals surface area contributed by atoms with Gasteiger partial charge >= 0.3 is 0 Å². The zero-order chi connectivity index (χ0) is 22.5. The maximum absolute atomic E-state index is 13.4. The third kappa shape index (κ3) is 5.76. The van der Waals surface area contributed by atoms with E-state index in [1.807, 2.05) is 36.4 Å². The van der Waals surface area contributed by atoms with Crippen molar-refractivity contribution in [1.29, 1.82) is 0 Å². The van der Waals surface area contributed by atoms with E-state index in [-0.39, 0.29) is 24.4 Å². The number of thioether (sulfide) groups is 1. The van der Waals surface area contributed by atoms with Crippen molar-refractivity contribution in [3.8, 4) is 0 Å². The smallest absolute Gasteiger partial charge is 0.261 e. The lowest BCUT2D eigenvalue weighted by Gasteiger charge is -2.43. The fourth-order valence-corrected chi connectivity index (χ4v) is 6.21. The van der Waals surface area contributed by atoms with E-state index in [1.165, 1.54) is 17.5 Å². The highest BCUT2D eigenvalue weighted by Gasteiger charge is 2.41. The summed E-state index contributed by atoms with van der Waals surface area (Å²) in [5, 5.41) is 4.00. The van der Waals surface area contributed by atoms with E-state index in [1.54, 1.807) is 16.7 Å². The highest BCUT2D eigenvalue weighted by molar-refractivity contribution is 8.04. The van der Waals surface area contributed by atoms with Crippen LogP contribution < -0.4 is 5.32 Å². The number of rotatable bonds is 6. The lowest BCUT2D eigenvalue weighted by Crippen LogP contribution is -2.54. The Labute approximate surface area is 199 Å². The topological polar surface area (TPSA) is 49.4 Å². The molecule has 6 heteroatoms. The Bertz CT molecular complexity index is 1020. The molecule has 168 valence electrons. The number of amides is 2. The van der Waals surface area contributed by atoms with Gasteiger partial charge in [0.1, 0.15) is 6.54 Å². The molecular formula is C26H29ClN2O2S. The van der Waals surface area contributed by atoms with Gasteiger partial charge in [-0.25, -0.2) is 0 Å². The summed E-state index contributed by atoms with van der Waals surface area (Å²) in [4.78, 5) is 28.6. The minimum Gasteiger partial charge on any atom is -0.354 e. The molecule has 0 spiro atoms. The van der Waals surface area contributed by atoms with Crippen molar-refractivity contribution in [1.82, 2.24) is 10.2 Å². The largest absolute Gasteiger partial charge is 0.354 e. The third-order valence-electron chi connectivity index (χ3n) is 6.10. The molecule has 1 aliphatic heterocycles. The maximum atomic E-state index is 13.4. The normalized spacial score (nSPS) is 22.0. The highest BCUT2D eigenvalue weighted by atomic mass is 35.5. The zero-order valence-electron chi connectivity index (χ0n) is 18.4. The summed E-state index contributed by atoms with van der Waals surface area (Å²) in [6, 6.07) is 15.9. The summed E-state index contributed by atoms with van der Waals surface area (Å²) in [5.41, 5.74) is 3.33.